The molecule has 0 aliphatic carbocycles. The van der Waals surface area contributed by atoms with Crippen LogP contribution in [-0.2, 0) is 21.8 Å². The van der Waals surface area contributed by atoms with Crippen molar-refractivity contribution in [2.75, 3.05) is 23.9 Å². The van der Waals surface area contributed by atoms with Crippen LogP contribution in [0.2, 0.25) is 0 Å². The van der Waals surface area contributed by atoms with E-state index in [1.165, 1.54) is 25.6 Å². The molecular weight excluding hydrogens is 457 g/mol. The highest BCUT2D eigenvalue weighted by atomic mass is 32.2. The number of aromatic nitrogens is 3. The van der Waals surface area contributed by atoms with E-state index in [1.807, 2.05) is 6.92 Å². The molecule has 1 saturated heterocycles. The van der Waals surface area contributed by atoms with Gasteiger partial charge in [-0.15, -0.1) is 0 Å². The fourth-order valence-electron chi connectivity index (χ4n) is 3.95. The minimum atomic E-state index is -3.07. The number of methoxy groups -OCH3 is 1. The molecule has 0 radical (unpaired) electrons. The first-order chi connectivity index (χ1) is 15.6. The summed E-state index contributed by atoms with van der Waals surface area (Å²) in [5.74, 6) is -0.206. The molecule has 1 aliphatic rings. The highest BCUT2D eigenvalue weighted by Crippen LogP contribution is 2.38. The predicted molar refractivity (Wildman–Crippen MR) is 118 cm³/mol. The van der Waals surface area contributed by atoms with Crippen LogP contribution in [0.15, 0.2) is 30.6 Å². The monoisotopic (exact) mass is 480 g/mol. The van der Waals surface area contributed by atoms with Gasteiger partial charge in [-0.25, -0.2) is 36.5 Å². The van der Waals surface area contributed by atoms with E-state index in [4.69, 9.17) is 4.74 Å². The number of benzene rings is 1. The molecule has 0 unspecified atom stereocenters. The fraction of sp³-hybridized carbons (Fsp3) is 0.409. The average molecular weight is 481 g/mol. The molecule has 0 amide bonds. The van der Waals surface area contributed by atoms with Gasteiger partial charge in [0.25, 0.3) is 6.43 Å². The standard InChI is InChI=1S/C22H23F3N4O3S/c1-22(6-8-33(30,31)9-7-22)16-10-15-18(21(29-16)32-2)27-12-28-20(15)26-11-13-4-3-5-14(17(13)23)19(24)25/h3-5,10,12,19H,6-9,11H2,1-2H3,(H,26,27,28). The molecule has 0 bridgehead atoms. The van der Waals surface area contributed by atoms with Crippen LogP contribution in [0.25, 0.3) is 10.9 Å². The molecule has 1 N–H and O–H groups in total. The smallest absolute Gasteiger partial charge is 0.266 e. The van der Waals surface area contributed by atoms with Gasteiger partial charge >= 0.3 is 0 Å². The van der Waals surface area contributed by atoms with Gasteiger partial charge in [-0.2, -0.15) is 0 Å². The minimum Gasteiger partial charge on any atom is -0.479 e. The summed E-state index contributed by atoms with van der Waals surface area (Å²) in [5, 5.41) is 3.56. The predicted octanol–water partition coefficient (Wildman–Crippen LogP) is 4.19. The van der Waals surface area contributed by atoms with Crippen LogP contribution in [0.4, 0.5) is 19.0 Å². The molecule has 2 aromatic heterocycles. The lowest BCUT2D eigenvalue weighted by Gasteiger charge is -2.33. The number of halogens is 3. The first kappa shape index (κ1) is 23.2. The van der Waals surface area contributed by atoms with Crippen molar-refractivity contribution in [1.29, 1.82) is 0 Å². The Labute approximate surface area is 189 Å². The first-order valence-electron chi connectivity index (χ1n) is 10.3. The van der Waals surface area contributed by atoms with Crippen molar-refractivity contribution in [2.24, 2.45) is 0 Å². The van der Waals surface area contributed by atoms with Crippen molar-refractivity contribution in [3.63, 3.8) is 0 Å². The number of pyridine rings is 1. The summed E-state index contributed by atoms with van der Waals surface area (Å²) in [5.41, 5.74) is -0.00377. The van der Waals surface area contributed by atoms with Gasteiger partial charge in [0.2, 0.25) is 5.88 Å². The lowest BCUT2D eigenvalue weighted by Crippen LogP contribution is -2.35. The van der Waals surface area contributed by atoms with E-state index in [0.29, 0.717) is 35.3 Å². The van der Waals surface area contributed by atoms with E-state index >= 15 is 0 Å². The lowest BCUT2D eigenvalue weighted by molar-refractivity contribution is 0.146. The zero-order chi connectivity index (χ0) is 23.8. The second kappa shape index (κ2) is 8.77. The number of fused-ring (bicyclic) bond motifs is 1. The maximum absolute atomic E-state index is 14.4. The Kier molecular flexibility index (Phi) is 6.17. The zero-order valence-corrected chi connectivity index (χ0v) is 18.9. The van der Waals surface area contributed by atoms with Crippen molar-refractivity contribution < 1.29 is 26.3 Å². The Morgan fingerprint density at radius 3 is 2.61 bits per heavy atom. The largest absolute Gasteiger partial charge is 0.479 e. The molecule has 0 atom stereocenters. The number of hydrogen-bond donors (Lipinski definition) is 1. The summed E-state index contributed by atoms with van der Waals surface area (Å²) in [4.78, 5) is 13.1. The number of sulfone groups is 1. The van der Waals surface area contributed by atoms with Crippen LogP contribution < -0.4 is 10.1 Å². The molecule has 3 aromatic rings. The number of hydrogen-bond acceptors (Lipinski definition) is 7. The minimum absolute atomic E-state index is 0.0711. The molecule has 33 heavy (non-hydrogen) atoms. The molecule has 0 spiro atoms. The van der Waals surface area contributed by atoms with Crippen molar-refractivity contribution in [3.8, 4) is 5.88 Å². The molecule has 4 rings (SSSR count). The van der Waals surface area contributed by atoms with Gasteiger partial charge in [-0.05, 0) is 18.9 Å². The summed E-state index contributed by atoms with van der Waals surface area (Å²) >= 11 is 0. The van der Waals surface area contributed by atoms with E-state index in [0.717, 1.165) is 6.07 Å². The van der Waals surface area contributed by atoms with Gasteiger partial charge in [-0.1, -0.05) is 25.1 Å². The van der Waals surface area contributed by atoms with E-state index in [1.54, 1.807) is 6.07 Å². The van der Waals surface area contributed by atoms with E-state index in [2.05, 4.69) is 20.3 Å². The van der Waals surface area contributed by atoms with E-state index in [-0.39, 0.29) is 29.5 Å². The molecule has 1 aliphatic heterocycles. The molecule has 176 valence electrons. The van der Waals surface area contributed by atoms with Crippen molar-refractivity contribution >= 4 is 26.6 Å². The van der Waals surface area contributed by atoms with Crippen molar-refractivity contribution in [1.82, 2.24) is 15.0 Å². The van der Waals surface area contributed by atoms with Crippen LogP contribution in [0, 0.1) is 5.82 Å². The molecule has 11 heteroatoms. The van der Waals surface area contributed by atoms with Crippen molar-refractivity contribution in [2.45, 2.75) is 38.2 Å². The van der Waals surface area contributed by atoms with Crippen molar-refractivity contribution in [3.05, 3.63) is 53.2 Å². The van der Waals surface area contributed by atoms with Gasteiger partial charge < -0.3 is 10.1 Å². The second-order valence-corrected chi connectivity index (χ2v) is 10.6. The van der Waals surface area contributed by atoms with Gasteiger partial charge in [0.05, 0.1) is 35.3 Å². The van der Waals surface area contributed by atoms with E-state index < -0.39 is 33.1 Å². The normalized spacial score (nSPS) is 17.3. The third kappa shape index (κ3) is 4.59. The van der Waals surface area contributed by atoms with Gasteiger partial charge in [0.15, 0.2) is 0 Å². The van der Waals surface area contributed by atoms with Gasteiger partial charge in [-0.3, -0.25) is 0 Å². The first-order valence-corrected chi connectivity index (χ1v) is 12.2. The molecule has 7 nitrogen and oxygen atoms in total. The SMILES string of the molecule is COc1nc(C2(C)CCS(=O)(=O)CC2)cc2c(NCc3cccc(C(F)F)c3F)ncnc12. The molecular formula is C22H23F3N4O3S. The highest BCUT2D eigenvalue weighted by Gasteiger charge is 2.36. The summed E-state index contributed by atoms with van der Waals surface area (Å²) < 4.78 is 69.8. The fourth-order valence-corrected chi connectivity index (χ4v) is 5.68. The topological polar surface area (TPSA) is 94.1 Å². The Bertz CT molecular complexity index is 1290. The number of anilines is 1. The number of nitrogens with zero attached hydrogens (tertiary/aromatic N) is 3. The number of rotatable bonds is 6. The Balaban J connectivity index is 1.71. The maximum Gasteiger partial charge on any atom is 0.266 e. The van der Waals surface area contributed by atoms with Gasteiger partial charge in [0.1, 0.15) is 33.3 Å². The second-order valence-electron chi connectivity index (χ2n) is 8.32. The summed E-state index contributed by atoms with van der Waals surface area (Å²) in [7, 11) is -1.61. The van der Waals surface area contributed by atoms with Crippen LogP contribution in [-0.4, -0.2) is 42.0 Å². The van der Waals surface area contributed by atoms with Crippen LogP contribution in [0.5, 0.6) is 5.88 Å². The third-order valence-electron chi connectivity index (χ3n) is 6.12. The number of nitrogens with one attached hydrogen (secondary N) is 1. The summed E-state index contributed by atoms with van der Waals surface area (Å²) in [6.07, 6.45) is -0.782. The van der Waals surface area contributed by atoms with Crippen LogP contribution >= 0.6 is 0 Å². The Morgan fingerprint density at radius 2 is 1.94 bits per heavy atom. The summed E-state index contributed by atoms with van der Waals surface area (Å²) in [6.45, 7) is 1.88. The Hall–Kier alpha value is -2.95. The van der Waals surface area contributed by atoms with Crippen LogP contribution in [0.1, 0.15) is 43.0 Å². The summed E-state index contributed by atoms with van der Waals surface area (Å²) in [6, 6.07) is 5.64. The maximum atomic E-state index is 14.4. The van der Waals surface area contributed by atoms with Crippen LogP contribution in [0.3, 0.4) is 0 Å². The average Bonchev–Trinajstić information content (AvgIpc) is 2.79. The Morgan fingerprint density at radius 1 is 1.21 bits per heavy atom. The number of ether oxygens (including phenoxy) is 1. The van der Waals surface area contributed by atoms with E-state index in [9.17, 15) is 21.6 Å². The molecule has 1 fully saturated rings. The molecule has 0 saturated carbocycles. The highest BCUT2D eigenvalue weighted by molar-refractivity contribution is 7.91. The third-order valence-corrected chi connectivity index (χ3v) is 7.77. The number of alkyl halides is 2. The van der Waals surface area contributed by atoms with Gasteiger partial charge in [0, 0.05) is 17.5 Å². The molecule has 1 aromatic carbocycles. The quantitative estimate of drug-likeness (QED) is 0.565. The molecule has 3 heterocycles. The zero-order valence-electron chi connectivity index (χ0n) is 18.1. The lowest BCUT2D eigenvalue weighted by atomic mass is 9.80.